The van der Waals surface area contributed by atoms with Crippen molar-refractivity contribution in [2.75, 3.05) is 0 Å². The number of carbonyl (C=O) groups is 1. The van der Waals surface area contributed by atoms with E-state index in [1.165, 1.54) is 24.5 Å². The van der Waals surface area contributed by atoms with Gasteiger partial charge in [0.05, 0.1) is 5.56 Å². The van der Waals surface area contributed by atoms with Gasteiger partial charge in [0.1, 0.15) is 0 Å². The van der Waals surface area contributed by atoms with Crippen LogP contribution in [0.1, 0.15) is 34.3 Å². The number of hydrogen-bond acceptors (Lipinski definition) is 2. The first-order valence-corrected chi connectivity index (χ1v) is 6.91. The van der Waals surface area contributed by atoms with E-state index in [9.17, 15) is 18.0 Å². The van der Waals surface area contributed by atoms with Crippen molar-refractivity contribution in [3.8, 4) is 0 Å². The molecule has 6 heteroatoms. The van der Waals surface area contributed by atoms with E-state index in [4.69, 9.17) is 0 Å². The zero-order chi connectivity index (χ0) is 15.6. The number of hydrogen-bond donors (Lipinski definition) is 0. The number of Topliss-reactive ketones (excluding diaryl/α,β-unsaturated/α-hetero) is 1. The third-order valence-corrected chi connectivity index (χ3v) is 3.65. The maximum absolute atomic E-state index is 13.1. The fraction of sp³-hybridized carbons (Fsp3) is 0.200. The second-order valence-electron chi connectivity index (χ2n) is 4.55. The van der Waals surface area contributed by atoms with Crippen LogP contribution in [0.5, 0.6) is 0 Å². The van der Waals surface area contributed by atoms with Gasteiger partial charge in [0.25, 0.3) is 0 Å². The van der Waals surface area contributed by atoms with Crippen LogP contribution in [0.25, 0.3) is 0 Å². The second-order valence-corrected chi connectivity index (χ2v) is 5.47. The lowest BCUT2D eigenvalue weighted by Crippen LogP contribution is -2.17. The Kier molecular flexibility index (Phi) is 4.46. The number of benzene rings is 1. The highest BCUT2D eigenvalue weighted by molar-refractivity contribution is 9.10. The van der Waals surface area contributed by atoms with Gasteiger partial charge in [0.15, 0.2) is 5.78 Å². The number of ketones is 1. The van der Waals surface area contributed by atoms with Crippen LogP contribution in [0.15, 0.2) is 47.2 Å². The number of rotatable bonds is 3. The van der Waals surface area contributed by atoms with Crippen molar-refractivity contribution >= 4 is 21.7 Å². The Morgan fingerprint density at radius 3 is 2.38 bits per heavy atom. The Bertz CT molecular complexity index is 656. The fourth-order valence-electron chi connectivity index (χ4n) is 2.00. The van der Waals surface area contributed by atoms with Crippen molar-refractivity contribution < 1.29 is 18.0 Å². The molecule has 1 unspecified atom stereocenters. The third kappa shape index (κ3) is 3.50. The molecule has 2 rings (SSSR count). The largest absolute Gasteiger partial charge is 0.417 e. The highest BCUT2D eigenvalue weighted by Crippen LogP contribution is 2.35. The summed E-state index contributed by atoms with van der Waals surface area (Å²) < 4.78 is 39.5. The van der Waals surface area contributed by atoms with Crippen molar-refractivity contribution in [1.29, 1.82) is 0 Å². The quantitative estimate of drug-likeness (QED) is 0.735. The molecule has 1 heterocycles. The van der Waals surface area contributed by atoms with Gasteiger partial charge in [0, 0.05) is 28.3 Å². The van der Waals surface area contributed by atoms with Gasteiger partial charge in [0.2, 0.25) is 0 Å². The molecule has 0 amide bonds. The Morgan fingerprint density at radius 2 is 1.81 bits per heavy atom. The van der Waals surface area contributed by atoms with Crippen molar-refractivity contribution in [1.82, 2.24) is 4.98 Å². The molecule has 2 aromatic rings. The number of aromatic nitrogens is 1. The summed E-state index contributed by atoms with van der Waals surface area (Å²) in [6.07, 6.45) is -1.57. The molecule has 0 aliphatic carbocycles. The smallest absolute Gasteiger partial charge is 0.293 e. The summed E-state index contributed by atoms with van der Waals surface area (Å²) in [4.78, 5) is 16.2. The summed E-state index contributed by atoms with van der Waals surface area (Å²) >= 11 is 3.00. The van der Waals surface area contributed by atoms with Crippen LogP contribution in [0.2, 0.25) is 0 Å². The maximum atomic E-state index is 13.1. The van der Waals surface area contributed by atoms with Gasteiger partial charge in [-0.05, 0) is 35.9 Å². The predicted octanol–water partition coefficient (Wildman–Crippen LogP) is 4.85. The first kappa shape index (κ1) is 15.7. The molecule has 0 saturated heterocycles. The van der Waals surface area contributed by atoms with E-state index in [-0.39, 0.29) is 10.0 Å². The van der Waals surface area contributed by atoms with Crippen molar-refractivity contribution in [3.63, 3.8) is 0 Å². The van der Waals surface area contributed by atoms with Gasteiger partial charge in [-0.3, -0.25) is 9.78 Å². The lowest BCUT2D eigenvalue weighted by Gasteiger charge is -2.16. The molecule has 0 spiro atoms. The fourth-order valence-corrected chi connectivity index (χ4v) is 2.36. The number of alkyl halides is 3. The van der Waals surface area contributed by atoms with Crippen molar-refractivity contribution in [2.24, 2.45) is 0 Å². The van der Waals surface area contributed by atoms with E-state index in [1.54, 1.807) is 19.1 Å². The number of pyridine rings is 1. The van der Waals surface area contributed by atoms with Crippen LogP contribution in [-0.2, 0) is 6.18 Å². The monoisotopic (exact) mass is 357 g/mol. The van der Waals surface area contributed by atoms with Crippen molar-refractivity contribution in [2.45, 2.75) is 19.0 Å². The molecule has 0 N–H and O–H groups in total. The lowest BCUT2D eigenvalue weighted by molar-refractivity contribution is -0.138. The van der Waals surface area contributed by atoms with Crippen LogP contribution in [0, 0.1) is 0 Å². The predicted molar refractivity (Wildman–Crippen MR) is 76.1 cm³/mol. The Labute approximate surface area is 128 Å². The summed E-state index contributed by atoms with van der Waals surface area (Å²) in [5.41, 5.74) is -0.621. The molecular weight excluding hydrogens is 347 g/mol. The standard InChI is InChI=1S/C15H11BrF3NO/c1-9(10-4-6-20-7-5-10)14(21)12-3-2-11(16)8-13(12)15(17,18)19/h2-9H,1H3. The molecule has 0 saturated carbocycles. The molecule has 0 fully saturated rings. The molecule has 2 nitrogen and oxygen atoms in total. The molecule has 21 heavy (non-hydrogen) atoms. The van der Waals surface area contributed by atoms with E-state index >= 15 is 0 Å². The first-order valence-electron chi connectivity index (χ1n) is 6.11. The minimum atomic E-state index is -4.58. The highest BCUT2D eigenvalue weighted by atomic mass is 79.9. The number of halogens is 4. The Hall–Kier alpha value is -1.69. The molecule has 1 aromatic carbocycles. The van der Waals surface area contributed by atoms with Crippen LogP contribution in [0.3, 0.4) is 0 Å². The summed E-state index contributed by atoms with van der Waals surface area (Å²) in [6, 6.07) is 6.80. The average molecular weight is 358 g/mol. The minimum absolute atomic E-state index is 0.280. The molecular formula is C15H11BrF3NO. The normalized spacial score (nSPS) is 13.0. The van der Waals surface area contributed by atoms with Crippen LogP contribution in [0.4, 0.5) is 13.2 Å². The van der Waals surface area contributed by atoms with Crippen LogP contribution in [-0.4, -0.2) is 10.8 Å². The van der Waals surface area contributed by atoms with Gasteiger partial charge < -0.3 is 0 Å². The minimum Gasteiger partial charge on any atom is -0.293 e. The van der Waals surface area contributed by atoms with Gasteiger partial charge in [-0.1, -0.05) is 22.9 Å². The van der Waals surface area contributed by atoms with Gasteiger partial charge in [-0.15, -0.1) is 0 Å². The highest BCUT2D eigenvalue weighted by Gasteiger charge is 2.36. The van der Waals surface area contributed by atoms with E-state index in [0.717, 1.165) is 6.07 Å². The summed E-state index contributed by atoms with van der Waals surface area (Å²) in [5, 5.41) is 0. The zero-order valence-corrected chi connectivity index (χ0v) is 12.6. The summed E-state index contributed by atoms with van der Waals surface area (Å²) in [5.74, 6) is -1.24. The molecule has 110 valence electrons. The average Bonchev–Trinajstić information content (AvgIpc) is 2.45. The molecule has 0 radical (unpaired) electrons. The first-order chi connectivity index (χ1) is 9.80. The Morgan fingerprint density at radius 1 is 1.19 bits per heavy atom. The van der Waals surface area contributed by atoms with Crippen molar-refractivity contribution in [3.05, 3.63) is 63.9 Å². The summed E-state index contributed by atoms with van der Waals surface area (Å²) in [7, 11) is 0. The molecule has 0 aliphatic heterocycles. The van der Waals surface area contributed by atoms with Gasteiger partial charge in [-0.25, -0.2) is 0 Å². The second kappa shape index (κ2) is 5.97. The van der Waals surface area contributed by atoms with Crippen LogP contribution < -0.4 is 0 Å². The van der Waals surface area contributed by atoms with E-state index < -0.39 is 23.4 Å². The van der Waals surface area contributed by atoms with E-state index in [0.29, 0.717) is 5.56 Å². The molecule has 1 atom stereocenters. The topological polar surface area (TPSA) is 30.0 Å². The summed E-state index contributed by atoms with van der Waals surface area (Å²) in [6.45, 7) is 1.58. The number of nitrogens with zero attached hydrogens (tertiary/aromatic N) is 1. The maximum Gasteiger partial charge on any atom is 0.417 e. The number of carbonyl (C=O) groups excluding carboxylic acids is 1. The zero-order valence-electron chi connectivity index (χ0n) is 11.0. The van der Waals surface area contributed by atoms with Gasteiger partial charge >= 0.3 is 6.18 Å². The third-order valence-electron chi connectivity index (χ3n) is 3.15. The molecule has 0 aliphatic rings. The lowest BCUT2D eigenvalue weighted by atomic mass is 9.90. The van der Waals surface area contributed by atoms with E-state index in [2.05, 4.69) is 20.9 Å². The molecule has 0 bridgehead atoms. The molecule has 1 aromatic heterocycles. The van der Waals surface area contributed by atoms with Crippen LogP contribution >= 0.6 is 15.9 Å². The van der Waals surface area contributed by atoms with E-state index in [1.807, 2.05) is 0 Å². The SMILES string of the molecule is CC(C(=O)c1ccc(Br)cc1C(F)(F)F)c1ccncc1. The Balaban J connectivity index is 2.45. The van der Waals surface area contributed by atoms with Gasteiger partial charge in [-0.2, -0.15) is 13.2 Å².